The molecule has 1 aromatic carbocycles. The molecule has 23 heavy (non-hydrogen) atoms. The normalized spacial score (nSPS) is 16.9. The van der Waals surface area contributed by atoms with E-state index in [2.05, 4.69) is 10.1 Å². The van der Waals surface area contributed by atoms with E-state index in [1.807, 2.05) is 0 Å². The maximum Gasteiger partial charge on any atom is 0.387 e. The number of alkyl halides is 2. The van der Waals surface area contributed by atoms with Crippen LogP contribution in [0.5, 0.6) is 11.5 Å². The van der Waals surface area contributed by atoms with Crippen LogP contribution in [0.4, 0.5) is 8.78 Å². The zero-order valence-electron chi connectivity index (χ0n) is 12.8. The summed E-state index contributed by atoms with van der Waals surface area (Å²) in [4.78, 5) is 12.2. The van der Waals surface area contributed by atoms with Crippen molar-refractivity contribution in [2.24, 2.45) is 5.73 Å². The maximum atomic E-state index is 12.4. The molecule has 3 N–H and O–H groups in total. The highest BCUT2D eigenvalue weighted by Gasteiger charge is 2.35. The third-order valence-corrected chi connectivity index (χ3v) is 3.73. The fourth-order valence-electron chi connectivity index (χ4n) is 2.34. The number of hydrogen-bond donors (Lipinski definition) is 2. The van der Waals surface area contributed by atoms with Crippen LogP contribution in [0, 0.1) is 0 Å². The molecule has 1 aliphatic rings. The van der Waals surface area contributed by atoms with Crippen molar-refractivity contribution in [1.29, 1.82) is 0 Å². The molecule has 1 saturated heterocycles. The van der Waals surface area contributed by atoms with Crippen molar-refractivity contribution in [2.45, 2.75) is 31.5 Å². The van der Waals surface area contributed by atoms with Crippen LogP contribution >= 0.6 is 0 Å². The molecule has 2 rings (SSSR count). The second-order valence-electron chi connectivity index (χ2n) is 5.31. The third kappa shape index (κ3) is 4.52. The molecule has 0 saturated carbocycles. The molecule has 8 heteroatoms. The Balaban J connectivity index is 2.01. The summed E-state index contributed by atoms with van der Waals surface area (Å²) in [5.74, 6) is -0.171. The van der Waals surface area contributed by atoms with E-state index in [4.69, 9.17) is 15.2 Å². The molecule has 1 amide bonds. The molecule has 0 aliphatic carbocycles. The van der Waals surface area contributed by atoms with E-state index < -0.39 is 12.2 Å². The average molecular weight is 330 g/mol. The predicted molar refractivity (Wildman–Crippen MR) is 78.4 cm³/mol. The first-order chi connectivity index (χ1) is 10.9. The van der Waals surface area contributed by atoms with Crippen LogP contribution in [0.1, 0.15) is 18.4 Å². The Bertz CT molecular complexity index is 548. The quantitative estimate of drug-likeness (QED) is 0.824. The first-order valence-electron chi connectivity index (χ1n) is 7.21. The maximum absolute atomic E-state index is 12.4. The van der Waals surface area contributed by atoms with Gasteiger partial charge >= 0.3 is 6.61 Å². The second-order valence-corrected chi connectivity index (χ2v) is 5.31. The Morgan fingerprint density at radius 1 is 1.39 bits per heavy atom. The Hall–Kier alpha value is -1.93. The van der Waals surface area contributed by atoms with Crippen LogP contribution in [-0.2, 0) is 16.1 Å². The van der Waals surface area contributed by atoms with Crippen molar-refractivity contribution in [2.75, 3.05) is 20.3 Å². The van der Waals surface area contributed by atoms with Crippen molar-refractivity contribution in [3.05, 3.63) is 23.8 Å². The van der Waals surface area contributed by atoms with Gasteiger partial charge in [0.1, 0.15) is 0 Å². The van der Waals surface area contributed by atoms with E-state index in [0.717, 1.165) is 0 Å². The van der Waals surface area contributed by atoms with Gasteiger partial charge in [-0.15, -0.1) is 0 Å². The smallest absolute Gasteiger partial charge is 0.387 e. The van der Waals surface area contributed by atoms with Crippen LogP contribution in [0.15, 0.2) is 18.2 Å². The highest BCUT2D eigenvalue weighted by molar-refractivity contribution is 5.86. The minimum Gasteiger partial charge on any atom is -0.493 e. The number of amides is 1. The molecule has 128 valence electrons. The largest absolute Gasteiger partial charge is 0.493 e. The molecule has 0 radical (unpaired) electrons. The molecule has 0 bridgehead atoms. The van der Waals surface area contributed by atoms with Crippen LogP contribution in [-0.4, -0.2) is 38.4 Å². The first kappa shape index (κ1) is 17.4. The minimum atomic E-state index is -2.96. The molecule has 0 unspecified atom stereocenters. The summed E-state index contributed by atoms with van der Waals surface area (Å²) in [6, 6.07) is 4.56. The van der Waals surface area contributed by atoms with Crippen LogP contribution in [0.25, 0.3) is 0 Å². The molecule has 1 aliphatic heterocycles. The predicted octanol–water partition coefficient (Wildman–Crippen LogP) is 1.42. The fourth-order valence-corrected chi connectivity index (χ4v) is 2.34. The third-order valence-electron chi connectivity index (χ3n) is 3.73. The zero-order chi connectivity index (χ0) is 16.9. The van der Waals surface area contributed by atoms with Gasteiger partial charge in [-0.2, -0.15) is 8.78 Å². The van der Waals surface area contributed by atoms with Gasteiger partial charge in [-0.25, -0.2) is 0 Å². The minimum absolute atomic E-state index is 0.0808. The number of carbonyl (C=O) groups excluding carboxylic acids is 1. The molecule has 0 atom stereocenters. The van der Waals surface area contributed by atoms with Crippen LogP contribution < -0.4 is 20.5 Å². The van der Waals surface area contributed by atoms with Crippen LogP contribution in [0.3, 0.4) is 0 Å². The lowest BCUT2D eigenvalue weighted by atomic mass is 9.90. The van der Waals surface area contributed by atoms with Gasteiger partial charge in [0, 0.05) is 19.8 Å². The molecule has 0 spiro atoms. The molecule has 1 aromatic rings. The van der Waals surface area contributed by atoms with Gasteiger partial charge in [-0.05, 0) is 30.5 Å². The summed E-state index contributed by atoms with van der Waals surface area (Å²) in [6.45, 7) is -1.91. The van der Waals surface area contributed by atoms with E-state index >= 15 is 0 Å². The average Bonchev–Trinajstić information content (AvgIpc) is 2.53. The SMILES string of the molecule is COc1ccc(CNC(=O)C2(N)CCOCC2)cc1OC(F)F. The topological polar surface area (TPSA) is 82.8 Å². The van der Waals surface area contributed by atoms with Gasteiger partial charge < -0.3 is 25.3 Å². The van der Waals surface area contributed by atoms with E-state index in [0.29, 0.717) is 31.6 Å². The van der Waals surface area contributed by atoms with Gasteiger partial charge in [0.05, 0.1) is 12.6 Å². The van der Waals surface area contributed by atoms with E-state index in [9.17, 15) is 13.6 Å². The molecule has 0 aromatic heterocycles. The molecule has 6 nitrogen and oxygen atoms in total. The highest BCUT2D eigenvalue weighted by Crippen LogP contribution is 2.29. The van der Waals surface area contributed by atoms with E-state index in [1.165, 1.54) is 19.2 Å². The summed E-state index contributed by atoms with van der Waals surface area (Å²) in [6.07, 6.45) is 0.891. The second kappa shape index (κ2) is 7.56. The summed E-state index contributed by atoms with van der Waals surface area (Å²) in [5.41, 5.74) is 5.72. The standard InChI is InChI=1S/C15H20F2N2O4/c1-21-11-3-2-10(8-12(11)23-14(16)17)9-19-13(20)15(18)4-6-22-7-5-15/h2-3,8,14H,4-7,9,18H2,1H3,(H,19,20). The number of nitrogens with two attached hydrogens (primary N) is 1. The van der Waals surface area contributed by atoms with Crippen molar-refractivity contribution in [3.8, 4) is 11.5 Å². The summed E-state index contributed by atoms with van der Waals surface area (Å²) >= 11 is 0. The number of halogens is 2. The van der Waals surface area contributed by atoms with Crippen molar-refractivity contribution >= 4 is 5.91 Å². The summed E-state index contributed by atoms with van der Waals surface area (Å²) < 4.78 is 39.4. The summed E-state index contributed by atoms with van der Waals surface area (Å²) in [5, 5.41) is 2.72. The highest BCUT2D eigenvalue weighted by atomic mass is 19.3. The molecule has 1 fully saturated rings. The van der Waals surface area contributed by atoms with E-state index in [-0.39, 0.29) is 24.0 Å². The number of benzene rings is 1. The number of ether oxygens (including phenoxy) is 3. The summed E-state index contributed by atoms with van der Waals surface area (Å²) in [7, 11) is 1.36. The number of hydrogen-bond acceptors (Lipinski definition) is 5. The van der Waals surface area contributed by atoms with Gasteiger partial charge in [-0.1, -0.05) is 6.07 Å². The molecule has 1 heterocycles. The Labute approximate surface area is 132 Å². The van der Waals surface area contributed by atoms with Crippen LogP contribution in [0.2, 0.25) is 0 Å². The number of methoxy groups -OCH3 is 1. The lowest BCUT2D eigenvalue weighted by Gasteiger charge is -2.31. The fraction of sp³-hybridized carbons (Fsp3) is 0.533. The molecular formula is C15H20F2N2O4. The van der Waals surface area contributed by atoms with Gasteiger partial charge in [0.25, 0.3) is 0 Å². The van der Waals surface area contributed by atoms with Crippen molar-refractivity contribution < 1.29 is 27.8 Å². The van der Waals surface area contributed by atoms with Crippen molar-refractivity contribution in [3.63, 3.8) is 0 Å². The van der Waals surface area contributed by atoms with Gasteiger partial charge in [-0.3, -0.25) is 4.79 Å². The lowest BCUT2D eigenvalue weighted by molar-refractivity contribution is -0.129. The monoisotopic (exact) mass is 330 g/mol. The zero-order valence-corrected chi connectivity index (χ0v) is 12.8. The Kier molecular flexibility index (Phi) is 5.73. The first-order valence-corrected chi connectivity index (χ1v) is 7.21. The number of rotatable bonds is 6. The molecular weight excluding hydrogens is 310 g/mol. The Morgan fingerprint density at radius 3 is 2.70 bits per heavy atom. The van der Waals surface area contributed by atoms with Gasteiger partial charge in [0.15, 0.2) is 11.5 Å². The number of carbonyl (C=O) groups is 1. The lowest BCUT2D eigenvalue weighted by Crippen LogP contribution is -2.56. The Morgan fingerprint density at radius 2 is 2.09 bits per heavy atom. The van der Waals surface area contributed by atoms with E-state index in [1.54, 1.807) is 6.07 Å². The van der Waals surface area contributed by atoms with Gasteiger partial charge in [0.2, 0.25) is 5.91 Å². The number of nitrogens with one attached hydrogen (secondary N) is 1. The van der Waals surface area contributed by atoms with Crippen molar-refractivity contribution in [1.82, 2.24) is 5.32 Å².